The Morgan fingerprint density at radius 1 is 1.28 bits per heavy atom. The monoisotopic (exact) mass is 371 g/mol. The molecular weight excluding hydrogens is 357 g/mol. The highest BCUT2D eigenvalue weighted by atomic mass is 32.1. The summed E-state index contributed by atoms with van der Waals surface area (Å²) in [6.45, 7) is 0. The van der Waals surface area contributed by atoms with Crippen molar-refractivity contribution in [1.82, 2.24) is 9.55 Å². The Morgan fingerprint density at radius 3 is 2.88 bits per heavy atom. The zero-order valence-corrected chi connectivity index (χ0v) is 14.7. The number of aromatic nitrogens is 2. The van der Waals surface area contributed by atoms with Gasteiger partial charge in [-0.15, -0.1) is 0 Å². The highest BCUT2D eigenvalue weighted by Gasteiger charge is 2.19. The summed E-state index contributed by atoms with van der Waals surface area (Å²) in [7, 11) is 0. The largest absolute Gasteiger partial charge is 0.346 e. The minimum absolute atomic E-state index is 0.0620. The molecule has 7 heteroatoms. The first-order valence-electron chi connectivity index (χ1n) is 7.69. The molecule has 0 saturated heterocycles. The summed E-state index contributed by atoms with van der Waals surface area (Å²) in [4.78, 5) is 16.9. The van der Waals surface area contributed by atoms with E-state index < -0.39 is 0 Å². The Kier molecular flexibility index (Phi) is 4.33. The smallest absolute Gasteiger partial charge is 0.228 e. The predicted molar refractivity (Wildman–Crippen MR) is 99.7 cm³/mol. The van der Waals surface area contributed by atoms with Crippen molar-refractivity contribution in [3.63, 3.8) is 0 Å². The maximum Gasteiger partial charge on any atom is 0.228 e. The van der Waals surface area contributed by atoms with Gasteiger partial charge in [-0.05, 0) is 52.7 Å². The molecular formula is C18H14FN3OS2. The predicted octanol–water partition coefficient (Wildman–Crippen LogP) is 4.92. The van der Waals surface area contributed by atoms with Crippen LogP contribution in [-0.4, -0.2) is 15.5 Å². The molecule has 1 amide bonds. The highest BCUT2D eigenvalue weighted by Crippen LogP contribution is 2.28. The van der Waals surface area contributed by atoms with Crippen molar-refractivity contribution in [3.8, 4) is 0 Å². The summed E-state index contributed by atoms with van der Waals surface area (Å²) >= 11 is 2.88. The number of benzene rings is 1. The number of carbonyl (C=O) groups is 1. The Balaban J connectivity index is 1.53. The number of thiazole rings is 1. The standard InChI is InChI=1S/C18H14FN3OS2/c19-13-3-4-14-16(9-13)25-18(20-14)21-17(23)10-15(12-5-8-24-11-12)22-6-1-2-7-22/h1-9,11,15H,10H2,(H,20,21,23)/t15-/m0/s1. The van der Waals surface area contributed by atoms with E-state index in [9.17, 15) is 9.18 Å². The van der Waals surface area contributed by atoms with E-state index in [0.29, 0.717) is 17.1 Å². The van der Waals surface area contributed by atoms with Gasteiger partial charge in [0, 0.05) is 12.4 Å². The van der Waals surface area contributed by atoms with E-state index >= 15 is 0 Å². The van der Waals surface area contributed by atoms with Crippen LogP contribution in [0.15, 0.2) is 59.6 Å². The van der Waals surface area contributed by atoms with Crippen molar-refractivity contribution in [3.05, 3.63) is 70.9 Å². The zero-order valence-electron chi connectivity index (χ0n) is 13.1. The van der Waals surface area contributed by atoms with Gasteiger partial charge in [-0.2, -0.15) is 11.3 Å². The van der Waals surface area contributed by atoms with Crippen LogP contribution in [-0.2, 0) is 4.79 Å². The molecule has 4 nitrogen and oxygen atoms in total. The van der Waals surface area contributed by atoms with Crippen LogP contribution in [0.4, 0.5) is 9.52 Å². The average Bonchev–Trinajstić information content (AvgIpc) is 3.33. The third-order valence-electron chi connectivity index (χ3n) is 3.89. The molecule has 1 aromatic carbocycles. The Morgan fingerprint density at radius 2 is 2.12 bits per heavy atom. The number of anilines is 1. The Labute approximate surface area is 151 Å². The van der Waals surface area contributed by atoms with Crippen LogP contribution in [0, 0.1) is 5.82 Å². The lowest BCUT2D eigenvalue weighted by Gasteiger charge is -2.17. The van der Waals surface area contributed by atoms with Crippen LogP contribution in [0.3, 0.4) is 0 Å². The van der Waals surface area contributed by atoms with Crippen LogP contribution < -0.4 is 5.32 Å². The molecule has 1 N–H and O–H groups in total. The molecule has 25 heavy (non-hydrogen) atoms. The molecule has 1 atom stereocenters. The van der Waals surface area contributed by atoms with Crippen molar-refractivity contribution in [2.75, 3.05) is 5.32 Å². The van der Waals surface area contributed by atoms with E-state index in [1.165, 1.54) is 23.5 Å². The number of halogens is 1. The Bertz CT molecular complexity index is 959. The molecule has 0 spiro atoms. The molecule has 0 unspecified atom stereocenters. The van der Waals surface area contributed by atoms with Gasteiger partial charge in [0.25, 0.3) is 0 Å². The second kappa shape index (κ2) is 6.78. The molecule has 0 fully saturated rings. The van der Waals surface area contributed by atoms with Crippen molar-refractivity contribution in [1.29, 1.82) is 0 Å². The van der Waals surface area contributed by atoms with Gasteiger partial charge in [-0.3, -0.25) is 4.79 Å². The van der Waals surface area contributed by atoms with E-state index in [-0.39, 0.29) is 17.8 Å². The fourth-order valence-corrected chi connectivity index (χ4v) is 4.33. The molecule has 0 aliphatic heterocycles. The van der Waals surface area contributed by atoms with E-state index in [2.05, 4.69) is 15.7 Å². The van der Waals surface area contributed by atoms with Crippen LogP contribution in [0.2, 0.25) is 0 Å². The third kappa shape index (κ3) is 3.47. The molecule has 3 aromatic heterocycles. The van der Waals surface area contributed by atoms with Crippen molar-refractivity contribution < 1.29 is 9.18 Å². The highest BCUT2D eigenvalue weighted by molar-refractivity contribution is 7.22. The van der Waals surface area contributed by atoms with Crippen molar-refractivity contribution >= 4 is 43.9 Å². The summed E-state index contributed by atoms with van der Waals surface area (Å²) in [6.07, 6.45) is 4.21. The molecule has 3 heterocycles. The number of amides is 1. The number of nitrogens with zero attached hydrogens (tertiary/aromatic N) is 2. The number of carbonyl (C=O) groups excluding carboxylic acids is 1. The quantitative estimate of drug-likeness (QED) is 0.541. The number of fused-ring (bicyclic) bond motifs is 1. The molecule has 0 aliphatic carbocycles. The van der Waals surface area contributed by atoms with Gasteiger partial charge in [0.1, 0.15) is 5.82 Å². The molecule has 0 aliphatic rings. The lowest BCUT2D eigenvalue weighted by atomic mass is 10.1. The second-order valence-corrected chi connectivity index (χ2v) is 7.40. The summed E-state index contributed by atoms with van der Waals surface area (Å²) in [5.41, 5.74) is 1.78. The van der Waals surface area contributed by atoms with Crippen LogP contribution in [0.5, 0.6) is 0 Å². The Hall–Kier alpha value is -2.51. The normalized spacial score (nSPS) is 12.4. The van der Waals surface area contributed by atoms with Crippen molar-refractivity contribution in [2.45, 2.75) is 12.5 Å². The van der Waals surface area contributed by atoms with Gasteiger partial charge in [0.15, 0.2) is 5.13 Å². The van der Waals surface area contributed by atoms with E-state index in [0.717, 1.165) is 10.3 Å². The maximum atomic E-state index is 13.3. The maximum absolute atomic E-state index is 13.3. The van der Waals surface area contributed by atoms with Gasteiger partial charge in [-0.1, -0.05) is 11.3 Å². The third-order valence-corrected chi connectivity index (χ3v) is 5.53. The van der Waals surface area contributed by atoms with Crippen LogP contribution >= 0.6 is 22.7 Å². The number of hydrogen-bond donors (Lipinski definition) is 1. The number of nitrogens with one attached hydrogen (secondary N) is 1. The molecule has 0 radical (unpaired) electrons. The van der Waals surface area contributed by atoms with Gasteiger partial charge in [0.05, 0.1) is 22.7 Å². The van der Waals surface area contributed by atoms with Gasteiger partial charge >= 0.3 is 0 Å². The molecule has 0 bridgehead atoms. The van der Waals surface area contributed by atoms with Crippen LogP contribution in [0.1, 0.15) is 18.0 Å². The van der Waals surface area contributed by atoms with Crippen molar-refractivity contribution in [2.24, 2.45) is 0 Å². The van der Waals surface area contributed by atoms with Crippen LogP contribution in [0.25, 0.3) is 10.2 Å². The first kappa shape index (κ1) is 16.0. The molecule has 126 valence electrons. The summed E-state index contributed by atoms with van der Waals surface area (Å²) in [5.74, 6) is -0.427. The van der Waals surface area contributed by atoms with E-state index in [1.807, 2.05) is 40.5 Å². The molecule has 4 rings (SSSR count). The first-order valence-corrected chi connectivity index (χ1v) is 9.45. The minimum atomic E-state index is -0.306. The fraction of sp³-hybridized carbons (Fsp3) is 0.111. The fourth-order valence-electron chi connectivity index (χ4n) is 2.71. The second-order valence-electron chi connectivity index (χ2n) is 5.59. The van der Waals surface area contributed by atoms with Gasteiger partial charge in [0.2, 0.25) is 5.91 Å². The minimum Gasteiger partial charge on any atom is -0.346 e. The topological polar surface area (TPSA) is 46.9 Å². The lowest BCUT2D eigenvalue weighted by Crippen LogP contribution is -2.19. The number of rotatable bonds is 5. The summed E-state index contributed by atoms with van der Waals surface area (Å²) in [6, 6.07) is 10.3. The lowest BCUT2D eigenvalue weighted by molar-refractivity contribution is -0.116. The number of hydrogen-bond acceptors (Lipinski definition) is 4. The molecule has 0 saturated carbocycles. The average molecular weight is 371 g/mol. The summed E-state index contributed by atoms with van der Waals surface area (Å²) in [5, 5.41) is 7.39. The zero-order chi connectivity index (χ0) is 17.2. The summed E-state index contributed by atoms with van der Waals surface area (Å²) < 4.78 is 16.0. The van der Waals surface area contributed by atoms with Gasteiger partial charge < -0.3 is 9.88 Å². The number of thiophene rings is 1. The van der Waals surface area contributed by atoms with E-state index in [4.69, 9.17) is 0 Å². The molecule has 4 aromatic rings. The van der Waals surface area contributed by atoms with E-state index in [1.54, 1.807) is 17.4 Å². The first-order chi connectivity index (χ1) is 12.2. The SMILES string of the molecule is O=C(C[C@@H](c1ccsc1)n1cccc1)Nc1nc2ccc(F)cc2s1. The van der Waals surface area contributed by atoms with Gasteiger partial charge in [-0.25, -0.2) is 9.37 Å².